The van der Waals surface area contributed by atoms with E-state index in [4.69, 9.17) is 27.1 Å². The third kappa shape index (κ3) is 5.93. The molecule has 0 spiro atoms. The third-order valence-electron chi connectivity index (χ3n) is 3.33. The highest BCUT2D eigenvalue weighted by Gasteiger charge is 2.20. The zero-order chi connectivity index (χ0) is 19.2. The van der Waals surface area contributed by atoms with E-state index in [-0.39, 0.29) is 12.7 Å². The number of nitrogens with zero attached hydrogens (tertiary/aromatic N) is 3. The van der Waals surface area contributed by atoms with E-state index in [2.05, 4.69) is 31.4 Å². The van der Waals surface area contributed by atoms with Crippen LogP contribution < -0.4 is 10.1 Å². The molecule has 1 aromatic heterocycles. The number of hydrogen-bond donors (Lipinski definition) is 1. The van der Waals surface area contributed by atoms with Crippen molar-refractivity contribution in [1.29, 1.82) is 5.26 Å². The van der Waals surface area contributed by atoms with Crippen molar-refractivity contribution < 1.29 is 9.57 Å². The number of thiocarbonyl (C=S) groups is 1. The van der Waals surface area contributed by atoms with E-state index in [1.54, 1.807) is 12.4 Å². The Bertz CT molecular complexity index is 864. The van der Waals surface area contributed by atoms with Crippen LogP contribution in [0.15, 0.2) is 40.1 Å². The van der Waals surface area contributed by atoms with Crippen molar-refractivity contribution in [3.8, 4) is 11.8 Å². The van der Waals surface area contributed by atoms with Gasteiger partial charge in [0.1, 0.15) is 22.9 Å². The molecule has 1 aromatic carbocycles. The molecule has 1 N–H and O–H groups in total. The molecule has 0 bridgehead atoms. The summed E-state index contributed by atoms with van der Waals surface area (Å²) in [4.78, 5) is 9.67. The van der Waals surface area contributed by atoms with Crippen molar-refractivity contribution in [2.24, 2.45) is 5.16 Å². The SMILES string of the molecule is CC(Oc1ccc2ncc(Br)cc2c1)C(=S)NC(C)(C)C=NOCC#N. The van der Waals surface area contributed by atoms with Crippen molar-refractivity contribution in [3.63, 3.8) is 0 Å². The van der Waals surface area contributed by atoms with Gasteiger partial charge in [-0.15, -0.1) is 0 Å². The monoisotopic (exact) mass is 434 g/mol. The maximum Gasteiger partial charge on any atom is 0.202 e. The zero-order valence-corrected chi connectivity index (χ0v) is 17.1. The molecule has 1 heterocycles. The number of halogens is 1. The van der Waals surface area contributed by atoms with E-state index >= 15 is 0 Å². The lowest BCUT2D eigenvalue weighted by molar-refractivity contribution is 0.178. The van der Waals surface area contributed by atoms with E-state index < -0.39 is 5.54 Å². The highest BCUT2D eigenvalue weighted by Crippen LogP contribution is 2.23. The quantitative estimate of drug-likeness (QED) is 0.307. The molecule has 6 nitrogen and oxygen atoms in total. The largest absolute Gasteiger partial charge is 0.484 e. The lowest BCUT2D eigenvalue weighted by Gasteiger charge is -2.26. The molecule has 2 rings (SSSR count). The number of nitriles is 1. The Morgan fingerprint density at radius 1 is 1.50 bits per heavy atom. The number of oxime groups is 1. The van der Waals surface area contributed by atoms with Gasteiger partial charge in [-0.1, -0.05) is 17.4 Å². The molecule has 2 aromatic rings. The minimum absolute atomic E-state index is 0.0938. The van der Waals surface area contributed by atoms with Gasteiger partial charge < -0.3 is 14.9 Å². The van der Waals surface area contributed by atoms with E-state index in [1.807, 2.05) is 51.1 Å². The molecule has 1 atom stereocenters. The Morgan fingerprint density at radius 3 is 3.00 bits per heavy atom. The Morgan fingerprint density at radius 2 is 2.27 bits per heavy atom. The highest BCUT2D eigenvalue weighted by atomic mass is 79.9. The summed E-state index contributed by atoms with van der Waals surface area (Å²) in [5.74, 6) is 0.706. The fraction of sp³-hybridized carbons (Fsp3) is 0.333. The molecule has 0 fully saturated rings. The van der Waals surface area contributed by atoms with Crippen molar-refractivity contribution in [1.82, 2.24) is 10.3 Å². The number of aromatic nitrogens is 1. The van der Waals surface area contributed by atoms with Crippen molar-refractivity contribution in [2.45, 2.75) is 32.4 Å². The Labute approximate surface area is 166 Å². The van der Waals surface area contributed by atoms with Crippen LogP contribution in [0.25, 0.3) is 10.9 Å². The lowest BCUT2D eigenvalue weighted by Crippen LogP contribution is -2.48. The number of pyridine rings is 1. The molecule has 136 valence electrons. The van der Waals surface area contributed by atoms with Crippen molar-refractivity contribution in [3.05, 3.63) is 34.9 Å². The zero-order valence-electron chi connectivity index (χ0n) is 14.7. The van der Waals surface area contributed by atoms with Gasteiger partial charge in [-0.25, -0.2) is 0 Å². The molecular formula is C18H19BrN4O2S. The lowest BCUT2D eigenvalue weighted by atomic mass is 10.1. The van der Waals surface area contributed by atoms with Gasteiger partial charge in [0.25, 0.3) is 0 Å². The number of fused-ring (bicyclic) bond motifs is 1. The summed E-state index contributed by atoms with van der Waals surface area (Å²) in [6, 6.07) is 9.53. The van der Waals surface area contributed by atoms with Gasteiger partial charge in [0.2, 0.25) is 6.61 Å². The fourth-order valence-electron chi connectivity index (χ4n) is 2.10. The Kier molecular flexibility index (Phi) is 6.89. The average Bonchev–Trinajstić information content (AvgIpc) is 2.58. The van der Waals surface area contributed by atoms with Crippen LogP contribution in [0, 0.1) is 11.3 Å². The van der Waals surface area contributed by atoms with Crippen LogP contribution in [-0.2, 0) is 4.84 Å². The summed E-state index contributed by atoms with van der Waals surface area (Å²) in [6.45, 7) is 5.57. The molecule has 1 unspecified atom stereocenters. The van der Waals surface area contributed by atoms with Gasteiger partial charge in [0.05, 0.1) is 17.3 Å². The minimum atomic E-state index is -0.539. The number of hydrogen-bond acceptors (Lipinski definition) is 6. The summed E-state index contributed by atoms with van der Waals surface area (Å²) >= 11 is 8.85. The van der Waals surface area contributed by atoms with Gasteiger partial charge in [0.15, 0.2) is 0 Å². The second kappa shape index (κ2) is 8.92. The van der Waals surface area contributed by atoms with Gasteiger partial charge in [0, 0.05) is 16.1 Å². The first kappa shape index (κ1) is 20.1. The van der Waals surface area contributed by atoms with Crippen molar-refractivity contribution in [2.75, 3.05) is 6.61 Å². The number of ether oxygens (including phenoxy) is 1. The average molecular weight is 435 g/mol. The van der Waals surface area contributed by atoms with E-state index in [9.17, 15) is 0 Å². The second-order valence-electron chi connectivity index (χ2n) is 6.15. The molecule has 0 aliphatic rings. The van der Waals surface area contributed by atoms with Gasteiger partial charge in [-0.2, -0.15) is 5.26 Å². The summed E-state index contributed by atoms with van der Waals surface area (Å²) in [7, 11) is 0. The molecule has 0 aliphatic carbocycles. The maximum atomic E-state index is 8.43. The van der Waals surface area contributed by atoms with Gasteiger partial charge in [-0.3, -0.25) is 4.98 Å². The van der Waals surface area contributed by atoms with E-state index in [0.29, 0.717) is 10.7 Å². The van der Waals surface area contributed by atoms with Crippen LogP contribution in [0.4, 0.5) is 0 Å². The molecule has 26 heavy (non-hydrogen) atoms. The number of rotatable bonds is 7. The highest BCUT2D eigenvalue weighted by molar-refractivity contribution is 9.10. The smallest absolute Gasteiger partial charge is 0.202 e. The predicted octanol–water partition coefficient (Wildman–Crippen LogP) is 3.99. The summed E-state index contributed by atoms with van der Waals surface area (Å²) in [5.41, 5.74) is 0.353. The topological polar surface area (TPSA) is 79.5 Å². The normalized spacial score (nSPS) is 12.6. The standard InChI is InChI=1S/C18H19BrN4O2S/c1-12(17(26)23-18(2,3)11-22-24-7-6-20)25-15-4-5-16-13(9-15)8-14(19)10-21-16/h4-5,8-12H,7H2,1-3H3,(H,23,26). The second-order valence-corrected chi connectivity index (χ2v) is 7.50. The predicted molar refractivity (Wildman–Crippen MR) is 109 cm³/mol. The fourth-order valence-corrected chi connectivity index (χ4v) is 2.76. The molecule has 0 amide bonds. The van der Waals surface area contributed by atoms with E-state index in [0.717, 1.165) is 15.4 Å². The number of benzene rings is 1. The summed E-state index contributed by atoms with van der Waals surface area (Å²) < 4.78 is 6.86. The molecule has 8 heteroatoms. The first-order valence-corrected chi connectivity index (χ1v) is 9.08. The third-order valence-corrected chi connectivity index (χ3v) is 4.19. The maximum absolute atomic E-state index is 8.43. The molecule has 0 saturated heterocycles. The van der Waals surface area contributed by atoms with Gasteiger partial charge >= 0.3 is 0 Å². The first-order chi connectivity index (χ1) is 12.3. The Balaban J connectivity index is 2.00. The summed E-state index contributed by atoms with van der Waals surface area (Å²) in [6.07, 6.45) is 2.98. The van der Waals surface area contributed by atoms with Crippen LogP contribution in [0.5, 0.6) is 5.75 Å². The number of nitrogens with one attached hydrogen (secondary N) is 1. The van der Waals surface area contributed by atoms with Crippen LogP contribution in [0.2, 0.25) is 0 Å². The van der Waals surface area contributed by atoms with Crippen LogP contribution in [0.1, 0.15) is 20.8 Å². The van der Waals surface area contributed by atoms with Crippen LogP contribution in [-0.4, -0.2) is 34.4 Å². The molecule has 0 aliphatic heterocycles. The van der Waals surface area contributed by atoms with Crippen molar-refractivity contribution >= 4 is 50.3 Å². The molecular weight excluding hydrogens is 416 g/mol. The van der Waals surface area contributed by atoms with Crippen LogP contribution in [0.3, 0.4) is 0 Å². The molecule has 0 radical (unpaired) electrons. The van der Waals surface area contributed by atoms with Crippen LogP contribution >= 0.6 is 28.1 Å². The Hall–Kier alpha value is -2.24. The molecule has 0 saturated carbocycles. The summed E-state index contributed by atoms with van der Waals surface area (Å²) in [5, 5.41) is 16.3. The van der Waals surface area contributed by atoms with Gasteiger partial charge in [-0.05, 0) is 61.0 Å². The first-order valence-electron chi connectivity index (χ1n) is 7.88. The minimum Gasteiger partial charge on any atom is -0.484 e. The van der Waals surface area contributed by atoms with E-state index in [1.165, 1.54) is 0 Å².